The van der Waals surface area contributed by atoms with Gasteiger partial charge in [-0.1, -0.05) is 0 Å². The second-order valence-electron chi connectivity index (χ2n) is 11.7. The highest BCUT2D eigenvalue weighted by molar-refractivity contribution is 5.80. The summed E-state index contributed by atoms with van der Waals surface area (Å²) in [5.41, 5.74) is 1.16. The van der Waals surface area contributed by atoms with E-state index in [1.54, 1.807) is 13.2 Å². The van der Waals surface area contributed by atoms with Crippen LogP contribution in [0.25, 0.3) is 11.3 Å². The summed E-state index contributed by atoms with van der Waals surface area (Å²) >= 11 is 0. The van der Waals surface area contributed by atoms with Crippen LogP contribution in [0, 0.1) is 17.1 Å². The number of pyridine rings is 1. The topological polar surface area (TPSA) is 149 Å². The summed E-state index contributed by atoms with van der Waals surface area (Å²) in [6.07, 6.45) is -2.45. The number of aliphatic hydroxyl groups excluding tert-OH is 1. The first-order chi connectivity index (χ1) is 22.7. The minimum Gasteiger partial charge on any atom is -0.486 e. The summed E-state index contributed by atoms with van der Waals surface area (Å²) in [5.74, 6) is -0.218. The number of carbonyl (C=O) groups is 1. The Kier molecular flexibility index (Phi) is 9.62. The normalized spacial score (nSPS) is 21.0. The third-order valence-electron chi connectivity index (χ3n) is 8.61. The molecule has 0 saturated carbocycles. The summed E-state index contributed by atoms with van der Waals surface area (Å²) in [5, 5.41) is 22.4. The molecule has 3 saturated heterocycles. The molecule has 248 valence electrons. The smallest absolute Gasteiger partial charge is 0.251 e. The van der Waals surface area contributed by atoms with Crippen LogP contribution in [0.1, 0.15) is 18.9 Å². The van der Waals surface area contributed by atoms with Gasteiger partial charge in [-0.25, -0.2) is 18.7 Å². The van der Waals surface area contributed by atoms with E-state index in [0.29, 0.717) is 23.3 Å². The van der Waals surface area contributed by atoms with Crippen molar-refractivity contribution in [1.82, 2.24) is 24.8 Å². The summed E-state index contributed by atoms with van der Waals surface area (Å²) in [4.78, 5) is 30.9. The molecule has 1 amide bonds. The highest BCUT2D eigenvalue weighted by atomic mass is 19.1. The molecular weight excluding hydrogens is 614 g/mol. The summed E-state index contributed by atoms with van der Waals surface area (Å²) < 4.78 is 46.6. The van der Waals surface area contributed by atoms with Crippen LogP contribution in [0.2, 0.25) is 0 Å². The van der Waals surface area contributed by atoms with Crippen LogP contribution in [0.5, 0.6) is 11.6 Å². The van der Waals surface area contributed by atoms with Gasteiger partial charge in [0.2, 0.25) is 11.8 Å². The largest absolute Gasteiger partial charge is 0.486 e. The molecule has 3 aliphatic rings. The van der Waals surface area contributed by atoms with Gasteiger partial charge in [-0.05, 0) is 37.3 Å². The number of nitrogens with zero attached hydrogens (tertiary/aromatic N) is 7. The number of amides is 1. The van der Waals surface area contributed by atoms with Crippen LogP contribution in [0.4, 0.5) is 26.2 Å². The van der Waals surface area contributed by atoms with Crippen molar-refractivity contribution < 1.29 is 32.9 Å². The zero-order valence-corrected chi connectivity index (χ0v) is 26.1. The van der Waals surface area contributed by atoms with Crippen LogP contribution in [-0.4, -0.2) is 120 Å². The van der Waals surface area contributed by atoms with E-state index < -0.39 is 30.1 Å². The predicted molar refractivity (Wildman–Crippen MR) is 167 cm³/mol. The predicted octanol–water partition coefficient (Wildman–Crippen LogP) is 2.52. The fourth-order valence-corrected chi connectivity index (χ4v) is 5.91. The minimum absolute atomic E-state index is 0.0582. The van der Waals surface area contributed by atoms with Crippen LogP contribution < -0.4 is 19.7 Å². The van der Waals surface area contributed by atoms with Gasteiger partial charge in [0, 0.05) is 44.7 Å². The summed E-state index contributed by atoms with van der Waals surface area (Å²) in [6, 6.07) is 10.6. The van der Waals surface area contributed by atoms with E-state index in [-0.39, 0.29) is 42.5 Å². The molecule has 3 atom stereocenters. The fraction of sp³-hybridized carbons (Fsp3) is 0.469. The van der Waals surface area contributed by atoms with Gasteiger partial charge < -0.3 is 34.4 Å². The molecule has 0 radical (unpaired) electrons. The van der Waals surface area contributed by atoms with Crippen molar-refractivity contribution in [2.75, 3.05) is 69.8 Å². The summed E-state index contributed by atoms with van der Waals surface area (Å²) in [6.45, 7) is 6.39. The maximum atomic E-state index is 15.0. The molecule has 2 N–H and O–H groups in total. The van der Waals surface area contributed by atoms with Gasteiger partial charge in [-0.2, -0.15) is 10.2 Å². The van der Waals surface area contributed by atoms with Gasteiger partial charge in [0.05, 0.1) is 44.7 Å². The van der Waals surface area contributed by atoms with Gasteiger partial charge >= 0.3 is 0 Å². The number of likely N-dealkylation sites (tertiary alicyclic amines) is 1. The van der Waals surface area contributed by atoms with Crippen LogP contribution in [0.15, 0.2) is 36.5 Å². The lowest BCUT2D eigenvalue weighted by molar-refractivity contribution is -0.143. The van der Waals surface area contributed by atoms with Crippen LogP contribution >= 0.6 is 0 Å². The fourth-order valence-electron chi connectivity index (χ4n) is 5.91. The molecule has 5 heterocycles. The highest BCUT2D eigenvalue weighted by Crippen LogP contribution is 2.32. The first-order valence-corrected chi connectivity index (χ1v) is 15.5. The number of carbonyl (C=O) groups excluding carboxylic acids is 1. The maximum Gasteiger partial charge on any atom is 0.251 e. The van der Waals surface area contributed by atoms with Gasteiger partial charge in [-0.15, -0.1) is 0 Å². The number of nitrogens with one attached hydrogen (secondary N) is 1. The third kappa shape index (κ3) is 7.04. The van der Waals surface area contributed by atoms with E-state index in [1.165, 1.54) is 30.0 Å². The zero-order valence-electron chi connectivity index (χ0n) is 26.1. The number of hydrogen-bond donors (Lipinski definition) is 2. The number of aromatic nitrogens is 3. The number of piperazine rings is 1. The van der Waals surface area contributed by atoms with E-state index in [2.05, 4.69) is 30.1 Å². The van der Waals surface area contributed by atoms with Crippen molar-refractivity contribution in [3.8, 4) is 29.0 Å². The maximum absolute atomic E-state index is 15.0. The van der Waals surface area contributed by atoms with E-state index in [9.17, 15) is 23.9 Å². The Balaban J connectivity index is 1.14. The number of methoxy groups -OCH3 is 1. The lowest BCUT2D eigenvalue weighted by Gasteiger charge is -2.43. The van der Waals surface area contributed by atoms with E-state index in [1.807, 2.05) is 12.1 Å². The molecule has 47 heavy (non-hydrogen) atoms. The number of piperidine rings is 1. The molecule has 0 bridgehead atoms. The molecule has 3 aromatic rings. The van der Waals surface area contributed by atoms with Crippen molar-refractivity contribution >= 4 is 23.4 Å². The zero-order chi connectivity index (χ0) is 33.1. The molecule has 0 spiro atoms. The Labute approximate surface area is 270 Å². The van der Waals surface area contributed by atoms with Crippen molar-refractivity contribution in [3.63, 3.8) is 0 Å². The molecule has 2 unspecified atom stereocenters. The molecule has 15 heteroatoms. The van der Waals surface area contributed by atoms with E-state index in [0.717, 1.165) is 51.3 Å². The number of anilines is 3. The molecular formula is C32H36F2N8O5. The van der Waals surface area contributed by atoms with Crippen molar-refractivity contribution in [1.29, 1.82) is 5.26 Å². The van der Waals surface area contributed by atoms with Gasteiger partial charge in [0.25, 0.3) is 5.91 Å². The number of aliphatic hydroxyl groups is 1. The second-order valence-corrected chi connectivity index (χ2v) is 11.7. The lowest BCUT2D eigenvalue weighted by Crippen LogP contribution is -2.56. The van der Waals surface area contributed by atoms with Crippen LogP contribution in [-0.2, 0) is 9.53 Å². The third-order valence-corrected chi connectivity index (χ3v) is 8.61. The van der Waals surface area contributed by atoms with Crippen molar-refractivity contribution in [2.24, 2.45) is 0 Å². The van der Waals surface area contributed by atoms with Gasteiger partial charge in [0.15, 0.2) is 12.0 Å². The molecule has 13 nitrogen and oxygen atoms in total. The number of hydrogen-bond acceptors (Lipinski definition) is 12. The average Bonchev–Trinajstić information content (AvgIpc) is 3.06. The Morgan fingerprint density at radius 1 is 1.17 bits per heavy atom. The Morgan fingerprint density at radius 2 is 1.96 bits per heavy atom. The molecule has 0 aliphatic carbocycles. The van der Waals surface area contributed by atoms with Gasteiger partial charge in [-0.3, -0.25) is 9.69 Å². The molecule has 2 aromatic heterocycles. The second kappa shape index (κ2) is 14.0. The highest BCUT2D eigenvalue weighted by Gasteiger charge is 2.35. The lowest BCUT2D eigenvalue weighted by atomic mass is 10.0. The monoisotopic (exact) mass is 650 g/mol. The Hall–Kier alpha value is -4.65. The molecule has 3 aliphatic heterocycles. The van der Waals surface area contributed by atoms with Crippen LogP contribution in [0.3, 0.4) is 0 Å². The number of rotatable bonds is 9. The number of halogens is 2. The van der Waals surface area contributed by atoms with E-state index in [4.69, 9.17) is 14.2 Å². The molecule has 6 rings (SSSR count). The standard InChI is InChI=1S/C32H36F2N8O5/c1-19(43)31(44)42-8-7-27(24(34)16-42)47-26-5-3-20(13-21(26)14-35)29-23(33)15-36-32(39-29)38-28-6-4-25(30(37-28)45-2)41-11-9-40(10-12-41)22-17-46-18-22/h3-6,13,15,19,22,24,27,43H,7-12,16-18H2,1-2H3,(H,36,37,38,39)/t19-,24?,27?/m0/s1. The SMILES string of the molecule is COc1nc(Nc2ncc(F)c(-c3ccc(OC4CCN(C(=O)[C@H](C)O)CC4F)c(C#N)c3)n2)ccc1N1CCN(C2COC2)CC1. The van der Waals surface area contributed by atoms with Gasteiger partial charge in [0.1, 0.15) is 41.2 Å². The average molecular weight is 651 g/mol. The number of nitriles is 1. The number of benzene rings is 1. The molecule has 1 aromatic carbocycles. The summed E-state index contributed by atoms with van der Waals surface area (Å²) in [7, 11) is 1.56. The Morgan fingerprint density at radius 3 is 2.62 bits per heavy atom. The quantitative estimate of drug-likeness (QED) is 0.351. The first kappa shape index (κ1) is 32.3. The number of alkyl halides is 1. The molecule has 3 fully saturated rings. The first-order valence-electron chi connectivity index (χ1n) is 15.5. The van der Waals surface area contributed by atoms with E-state index >= 15 is 0 Å². The number of ether oxygens (including phenoxy) is 3. The minimum atomic E-state index is -1.52. The van der Waals surface area contributed by atoms with Crippen molar-refractivity contribution in [3.05, 3.63) is 47.9 Å². The Bertz CT molecular complexity index is 1640. The van der Waals surface area contributed by atoms with Crippen molar-refractivity contribution in [2.45, 2.75) is 37.8 Å².